The lowest BCUT2D eigenvalue weighted by Crippen LogP contribution is -2.49. The number of carbonyl (C=O) groups is 3. The predicted octanol–water partition coefficient (Wildman–Crippen LogP) is 0.00250. The fraction of sp³-hybridized carbons (Fsp3) is 0.727. The number of primary amides is 1. The Morgan fingerprint density at radius 1 is 1.33 bits per heavy atom. The van der Waals surface area contributed by atoms with Crippen molar-refractivity contribution in [2.45, 2.75) is 33.2 Å². The number of nitrogens with zero attached hydrogens (tertiary/aromatic N) is 1. The molecule has 18 heavy (non-hydrogen) atoms. The van der Waals surface area contributed by atoms with E-state index in [2.05, 4.69) is 5.32 Å². The lowest BCUT2D eigenvalue weighted by Gasteiger charge is -2.26. The number of carboxylic acids is 1. The molecule has 0 saturated carbocycles. The van der Waals surface area contributed by atoms with Crippen LogP contribution >= 0.6 is 0 Å². The van der Waals surface area contributed by atoms with Crippen LogP contribution in [0.2, 0.25) is 0 Å². The summed E-state index contributed by atoms with van der Waals surface area (Å²) in [6.45, 7) is 5.49. The summed E-state index contributed by atoms with van der Waals surface area (Å²) in [7, 11) is 0. The number of amides is 3. The van der Waals surface area contributed by atoms with Gasteiger partial charge in [0.2, 0.25) is 5.91 Å². The standard InChI is InChI=1S/C11H21N3O4/c1-4-14(6-9(12)15)11(18)13-8(7(2)3)5-10(16)17/h7-8H,4-6H2,1-3H3,(H2,12,15)(H,13,18)(H,16,17). The summed E-state index contributed by atoms with van der Waals surface area (Å²) in [5, 5.41) is 11.4. The Labute approximate surface area is 106 Å². The van der Waals surface area contributed by atoms with Crippen LogP contribution in [0, 0.1) is 5.92 Å². The van der Waals surface area contributed by atoms with Gasteiger partial charge >= 0.3 is 12.0 Å². The number of urea groups is 1. The second-order valence-corrected chi connectivity index (χ2v) is 4.38. The Morgan fingerprint density at radius 2 is 1.89 bits per heavy atom. The summed E-state index contributed by atoms with van der Waals surface area (Å²) in [5.74, 6) is -1.60. The van der Waals surface area contributed by atoms with Crippen molar-refractivity contribution in [2.24, 2.45) is 11.7 Å². The van der Waals surface area contributed by atoms with Crippen molar-refractivity contribution in [3.63, 3.8) is 0 Å². The van der Waals surface area contributed by atoms with Crippen molar-refractivity contribution in [3.8, 4) is 0 Å². The van der Waals surface area contributed by atoms with E-state index in [1.807, 2.05) is 13.8 Å². The third kappa shape index (κ3) is 6.07. The molecule has 1 unspecified atom stereocenters. The number of carbonyl (C=O) groups excluding carboxylic acids is 2. The molecule has 7 heteroatoms. The zero-order chi connectivity index (χ0) is 14.3. The van der Waals surface area contributed by atoms with Crippen molar-refractivity contribution in [2.75, 3.05) is 13.1 Å². The number of rotatable bonds is 7. The normalized spacial score (nSPS) is 12.0. The molecule has 7 nitrogen and oxygen atoms in total. The minimum absolute atomic E-state index is 0.0164. The fourth-order valence-corrected chi connectivity index (χ4v) is 1.41. The zero-order valence-corrected chi connectivity index (χ0v) is 11.0. The molecule has 0 fully saturated rings. The number of aliphatic carboxylic acids is 1. The topological polar surface area (TPSA) is 113 Å². The van der Waals surface area contributed by atoms with E-state index in [1.165, 1.54) is 4.90 Å². The number of nitrogens with one attached hydrogen (secondary N) is 1. The van der Waals surface area contributed by atoms with E-state index in [1.54, 1.807) is 6.92 Å². The van der Waals surface area contributed by atoms with Crippen molar-refractivity contribution in [1.29, 1.82) is 0 Å². The van der Waals surface area contributed by atoms with Crippen molar-refractivity contribution < 1.29 is 19.5 Å². The van der Waals surface area contributed by atoms with Crippen LogP contribution < -0.4 is 11.1 Å². The third-order valence-electron chi connectivity index (χ3n) is 2.52. The molecule has 0 heterocycles. The van der Waals surface area contributed by atoms with E-state index < -0.39 is 23.9 Å². The summed E-state index contributed by atoms with van der Waals surface area (Å²) >= 11 is 0. The number of likely N-dealkylation sites (N-methyl/N-ethyl adjacent to an activating group) is 1. The maximum absolute atomic E-state index is 11.8. The first-order chi connectivity index (χ1) is 8.27. The Bertz CT molecular complexity index is 317. The number of hydrogen-bond acceptors (Lipinski definition) is 3. The Balaban J connectivity index is 4.55. The molecule has 3 amide bonds. The summed E-state index contributed by atoms with van der Waals surface area (Å²) in [6, 6.07) is -0.951. The van der Waals surface area contributed by atoms with Crippen LogP contribution in [0.3, 0.4) is 0 Å². The predicted molar refractivity (Wildman–Crippen MR) is 65.9 cm³/mol. The van der Waals surface area contributed by atoms with Crippen LogP contribution in [0.25, 0.3) is 0 Å². The Hall–Kier alpha value is -1.79. The molecule has 1 atom stereocenters. The second-order valence-electron chi connectivity index (χ2n) is 4.38. The lowest BCUT2D eigenvalue weighted by atomic mass is 10.0. The van der Waals surface area contributed by atoms with Gasteiger partial charge in [-0.15, -0.1) is 0 Å². The molecule has 104 valence electrons. The highest BCUT2D eigenvalue weighted by Gasteiger charge is 2.22. The fourth-order valence-electron chi connectivity index (χ4n) is 1.41. The van der Waals surface area contributed by atoms with Crippen molar-refractivity contribution in [1.82, 2.24) is 10.2 Å². The van der Waals surface area contributed by atoms with E-state index >= 15 is 0 Å². The smallest absolute Gasteiger partial charge is 0.318 e. The number of carboxylic acid groups (broad SMARTS) is 1. The molecule has 4 N–H and O–H groups in total. The average Bonchev–Trinajstić information content (AvgIpc) is 2.23. The Kier molecular flexibility index (Phi) is 6.77. The van der Waals surface area contributed by atoms with Gasteiger partial charge in [-0.05, 0) is 12.8 Å². The number of nitrogens with two attached hydrogens (primary N) is 1. The molecule has 0 aliphatic heterocycles. The van der Waals surface area contributed by atoms with Gasteiger partial charge in [-0.1, -0.05) is 13.8 Å². The molecule has 0 aromatic heterocycles. The minimum Gasteiger partial charge on any atom is -0.481 e. The van der Waals surface area contributed by atoms with Gasteiger partial charge in [0.15, 0.2) is 0 Å². The minimum atomic E-state index is -0.980. The van der Waals surface area contributed by atoms with Gasteiger partial charge in [0.1, 0.15) is 6.54 Å². The monoisotopic (exact) mass is 259 g/mol. The molecular weight excluding hydrogens is 238 g/mol. The SMILES string of the molecule is CCN(CC(N)=O)C(=O)NC(CC(=O)O)C(C)C. The molecule has 0 bridgehead atoms. The molecule has 0 aromatic rings. The maximum atomic E-state index is 11.8. The molecule has 0 rings (SSSR count). The molecule has 0 saturated heterocycles. The van der Waals surface area contributed by atoms with Gasteiger partial charge in [-0.2, -0.15) is 0 Å². The largest absolute Gasteiger partial charge is 0.481 e. The highest BCUT2D eigenvalue weighted by atomic mass is 16.4. The first-order valence-corrected chi connectivity index (χ1v) is 5.83. The van der Waals surface area contributed by atoms with Crippen LogP contribution in [0.5, 0.6) is 0 Å². The van der Waals surface area contributed by atoms with Crippen LogP contribution in [0.4, 0.5) is 4.79 Å². The highest BCUT2D eigenvalue weighted by Crippen LogP contribution is 2.07. The molecule has 0 aliphatic rings. The zero-order valence-electron chi connectivity index (χ0n) is 11.0. The van der Waals surface area contributed by atoms with Crippen molar-refractivity contribution >= 4 is 17.9 Å². The van der Waals surface area contributed by atoms with E-state index in [0.29, 0.717) is 6.54 Å². The van der Waals surface area contributed by atoms with E-state index in [4.69, 9.17) is 10.8 Å². The Morgan fingerprint density at radius 3 is 2.22 bits per heavy atom. The van der Waals surface area contributed by atoms with Gasteiger partial charge in [0.25, 0.3) is 0 Å². The van der Waals surface area contributed by atoms with Gasteiger partial charge in [-0.3, -0.25) is 9.59 Å². The summed E-state index contributed by atoms with van der Waals surface area (Å²) in [4.78, 5) is 34.5. The molecule has 0 aromatic carbocycles. The van der Waals surface area contributed by atoms with Gasteiger partial charge in [-0.25, -0.2) is 4.79 Å². The van der Waals surface area contributed by atoms with E-state index in [9.17, 15) is 14.4 Å². The van der Waals surface area contributed by atoms with E-state index in [-0.39, 0.29) is 18.9 Å². The first kappa shape index (κ1) is 16.2. The van der Waals surface area contributed by atoms with Gasteiger partial charge in [0, 0.05) is 12.6 Å². The van der Waals surface area contributed by atoms with Gasteiger partial charge in [0.05, 0.1) is 6.42 Å². The summed E-state index contributed by atoms with van der Waals surface area (Å²) < 4.78 is 0. The van der Waals surface area contributed by atoms with Gasteiger partial charge < -0.3 is 21.1 Å². The lowest BCUT2D eigenvalue weighted by molar-refractivity contribution is -0.137. The van der Waals surface area contributed by atoms with E-state index in [0.717, 1.165) is 0 Å². The number of hydrogen-bond donors (Lipinski definition) is 3. The first-order valence-electron chi connectivity index (χ1n) is 5.83. The summed E-state index contributed by atoms with van der Waals surface area (Å²) in [5.41, 5.74) is 5.02. The van der Waals surface area contributed by atoms with Crippen LogP contribution in [-0.2, 0) is 9.59 Å². The molecular formula is C11H21N3O4. The third-order valence-corrected chi connectivity index (χ3v) is 2.52. The molecule has 0 spiro atoms. The molecule has 0 radical (unpaired) electrons. The summed E-state index contributed by atoms with van der Waals surface area (Å²) in [6.07, 6.45) is -0.155. The van der Waals surface area contributed by atoms with Crippen LogP contribution in [0.15, 0.2) is 0 Å². The second kappa shape index (κ2) is 7.52. The average molecular weight is 259 g/mol. The maximum Gasteiger partial charge on any atom is 0.318 e. The highest BCUT2D eigenvalue weighted by molar-refractivity contribution is 5.83. The van der Waals surface area contributed by atoms with Crippen molar-refractivity contribution in [3.05, 3.63) is 0 Å². The van der Waals surface area contributed by atoms with Crippen LogP contribution in [-0.4, -0.2) is 47.0 Å². The molecule has 0 aliphatic carbocycles. The quantitative estimate of drug-likeness (QED) is 0.597. The van der Waals surface area contributed by atoms with Crippen LogP contribution in [0.1, 0.15) is 27.2 Å².